The Morgan fingerprint density at radius 2 is 2.05 bits per heavy atom. The molecule has 1 saturated carbocycles. The maximum absolute atomic E-state index is 9.42. The van der Waals surface area contributed by atoms with Gasteiger partial charge in [-0.2, -0.15) is 0 Å². The molecule has 1 aromatic rings. The maximum Gasteiger partial charge on any atom is 0.129 e. The summed E-state index contributed by atoms with van der Waals surface area (Å²) in [5.74, 6) is 1.07. The lowest BCUT2D eigenvalue weighted by atomic mass is 10.1. The van der Waals surface area contributed by atoms with Crippen LogP contribution in [0.3, 0.4) is 0 Å². The highest BCUT2D eigenvalue weighted by atomic mass is 16.3. The summed E-state index contributed by atoms with van der Waals surface area (Å²) in [5.41, 5.74) is 2.11. The third kappa shape index (κ3) is 3.93. The van der Waals surface area contributed by atoms with Gasteiger partial charge >= 0.3 is 0 Å². The van der Waals surface area contributed by atoms with Gasteiger partial charge < -0.3 is 10.0 Å². The highest BCUT2D eigenvalue weighted by Gasteiger charge is 2.29. The molecule has 1 aromatic heterocycles. The van der Waals surface area contributed by atoms with Crippen molar-refractivity contribution in [2.75, 3.05) is 11.4 Å². The molecule has 1 fully saturated rings. The van der Waals surface area contributed by atoms with Crippen molar-refractivity contribution in [3.63, 3.8) is 0 Å². The number of nitrogens with zero attached hydrogens (tertiary/aromatic N) is 2. The number of pyridine rings is 1. The number of aryl methyl sites for hydroxylation is 1. The Morgan fingerprint density at radius 1 is 1.26 bits per heavy atom. The predicted molar refractivity (Wildman–Crippen MR) is 79.4 cm³/mol. The van der Waals surface area contributed by atoms with E-state index in [1.807, 2.05) is 6.07 Å². The summed E-state index contributed by atoms with van der Waals surface area (Å²) in [6.45, 7) is 5.60. The highest BCUT2D eigenvalue weighted by Crippen LogP contribution is 2.31. The molecular weight excluding hydrogens is 236 g/mol. The fraction of sp³-hybridized carbons (Fsp3) is 0.688. The van der Waals surface area contributed by atoms with Gasteiger partial charge in [0.25, 0.3) is 0 Å². The zero-order chi connectivity index (χ0) is 13.7. The van der Waals surface area contributed by atoms with Crippen molar-refractivity contribution >= 4 is 5.82 Å². The highest BCUT2D eigenvalue weighted by molar-refractivity contribution is 5.45. The number of aromatic nitrogens is 1. The van der Waals surface area contributed by atoms with Crippen LogP contribution in [0.5, 0.6) is 0 Å². The zero-order valence-corrected chi connectivity index (χ0v) is 12.2. The van der Waals surface area contributed by atoms with Crippen LogP contribution in [0, 0.1) is 0 Å². The largest absolute Gasteiger partial charge is 0.392 e. The Hall–Kier alpha value is -1.09. The van der Waals surface area contributed by atoms with Crippen LogP contribution in [0.15, 0.2) is 12.1 Å². The fourth-order valence-corrected chi connectivity index (χ4v) is 2.45. The van der Waals surface area contributed by atoms with E-state index in [9.17, 15) is 5.11 Å². The average Bonchev–Trinajstić information content (AvgIpc) is 3.24. The summed E-state index contributed by atoms with van der Waals surface area (Å²) in [4.78, 5) is 7.25. The number of hydrogen-bond donors (Lipinski definition) is 1. The van der Waals surface area contributed by atoms with E-state index >= 15 is 0 Å². The van der Waals surface area contributed by atoms with Crippen LogP contribution in [0.4, 0.5) is 5.82 Å². The van der Waals surface area contributed by atoms with Crippen LogP contribution < -0.4 is 4.90 Å². The second-order valence-corrected chi connectivity index (χ2v) is 5.51. The molecule has 1 N–H and O–H groups in total. The molecule has 0 radical (unpaired) electrons. The van der Waals surface area contributed by atoms with Gasteiger partial charge in [-0.1, -0.05) is 26.7 Å². The van der Waals surface area contributed by atoms with Crippen molar-refractivity contribution in [2.45, 2.75) is 65.0 Å². The molecule has 1 heterocycles. The summed E-state index contributed by atoms with van der Waals surface area (Å²) < 4.78 is 0. The van der Waals surface area contributed by atoms with Gasteiger partial charge in [0, 0.05) is 18.3 Å². The number of aliphatic hydroxyl groups excluding tert-OH is 1. The van der Waals surface area contributed by atoms with Gasteiger partial charge in [0.05, 0.1) is 6.61 Å². The summed E-state index contributed by atoms with van der Waals surface area (Å²) in [7, 11) is 0. The van der Waals surface area contributed by atoms with Gasteiger partial charge in [-0.25, -0.2) is 4.98 Å². The van der Waals surface area contributed by atoms with E-state index in [2.05, 4.69) is 24.8 Å². The second kappa shape index (κ2) is 6.90. The first-order chi connectivity index (χ1) is 9.28. The first-order valence-corrected chi connectivity index (χ1v) is 7.65. The lowest BCUT2D eigenvalue weighted by Crippen LogP contribution is -2.28. The monoisotopic (exact) mass is 262 g/mol. The Morgan fingerprint density at radius 3 is 2.63 bits per heavy atom. The van der Waals surface area contributed by atoms with Gasteiger partial charge in [-0.3, -0.25) is 0 Å². The maximum atomic E-state index is 9.42. The minimum absolute atomic E-state index is 0.110. The number of anilines is 1. The molecule has 0 amide bonds. The lowest BCUT2D eigenvalue weighted by Gasteiger charge is -2.24. The van der Waals surface area contributed by atoms with Crippen LogP contribution in [0.2, 0.25) is 0 Å². The van der Waals surface area contributed by atoms with Gasteiger partial charge in [-0.05, 0) is 43.4 Å². The molecule has 0 unspecified atom stereocenters. The molecule has 0 aliphatic heterocycles. The van der Waals surface area contributed by atoms with Gasteiger partial charge in [0.2, 0.25) is 0 Å². The molecule has 106 valence electrons. The number of unbranched alkanes of at least 4 members (excludes halogenated alkanes) is 1. The molecule has 19 heavy (non-hydrogen) atoms. The van der Waals surface area contributed by atoms with E-state index in [0.29, 0.717) is 6.04 Å². The topological polar surface area (TPSA) is 36.4 Å². The minimum atomic E-state index is 0.110. The van der Waals surface area contributed by atoms with E-state index in [0.717, 1.165) is 36.5 Å². The van der Waals surface area contributed by atoms with E-state index in [-0.39, 0.29) is 6.61 Å². The quantitative estimate of drug-likeness (QED) is 0.781. The first kappa shape index (κ1) is 14.3. The lowest BCUT2D eigenvalue weighted by molar-refractivity contribution is 0.281. The minimum Gasteiger partial charge on any atom is -0.392 e. The van der Waals surface area contributed by atoms with Gasteiger partial charge in [-0.15, -0.1) is 0 Å². The van der Waals surface area contributed by atoms with E-state index < -0.39 is 0 Å². The van der Waals surface area contributed by atoms with Crippen molar-refractivity contribution in [1.82, 2.24) is 4.98 Å². The smallest absolute Gasteiger partial charge is 0.129 e. The molecule has 1 aliphatic rings. The fourth-order valence-electron chi connectivity index (χ4n) is 2.45. The van der Waals surface area contributed by atoms with Crippen molar-refractivity contribution in [3.8, 4) is 0 Å². The Balaban J connectivity index is 2.21. The number of aliphatic hydroxyl groups is 1. The van der Waals surface area contributed by atoms with Crippen LogP contribution in [-0.4, -0.2) is 22.7 Å². The summed E-state index contributed by atoms with van der Waals surface area (Å²) in [6.07, 6.45) is 7.10. The van der Waals surface area contributed by atoms with Crippen LogP contribution in [0.1, 0.15) is 57.2 Å². The first-order valence-electron chi connectivity index (χ1n) is 7.65. The Labute approximate surface area is 116 Å². The molecular formula is C16H26N2O. The summed E-state index contributed by atoms with van der Waals surface area (Å²) in [6, 6.07) is 4.79. The van der Waals surface area contributed by atoms with Crippen LogP contribution in [-0.2, 0) is 13.0 Å². The summed E-state index contributed by atoms with van der Waals surface area (Å²) >= 11 is 0. The third-order valence-corrected chi connectivity index (χ3v) is 3.65. The SMILES string of the molecule is CCCCN(c1cc(CO)cc(CCC)n1)C1CC1. The molecule has 0 aromatic carbocycles. The van der Waals surface area contributed by atoms with Crippen molar-refractivity contribution in [3.05, 3.63) is 23.4 Å². The van der Waals surface area contributed by atoms with Gasteiger partial charge in [0.15, 0.2) is 0 Å². The molecule has 0 saturated heterocycles. The average molecular weight is 262 g/mol. The predicted octanol–water partition coefficient (Wildman–Crippen LogP) is 3.30. The van der Waals surface area contributed by atoms with Crippen molar-refractivity contribution < 1.29 is 5.11 Å². The van der Waals surface area contributed by atoms with Crippen LogP contribution in [0.25, 0.3) is 0 Å². The normalized spacial score (nSPS) is 14.7. The molecule has 3 heteroatoms. The van der Waals surface area contributed by atoms with E-state index in [4.69, 9.17) is 4.98 Å². The number of hydrogen-bond acceptors (Lipinski definition) is 3. The Kier molecular flexibility index (Phi) is 5.20. The molecule has 2 rings (SSSR count). The van der Waals surface area contributed by atoms with E-state index in [1.165, 1.54) is 25.7 Å². The summed E-state index contributed by atoms with van der Waals surface area (Å²) in [5, 5.41) is 9.42. The molecule has 3 nitrogen and oxygen atoms in total. The molecule has 0 atom stereocenters. The Bertz CT molecular complexity index is 402. The molecule has 0 bridgehead atoms. The molecule has 0 spiro atoms. The molecule has 1 aliphatic carbocycles. The van der Waals surface area contributed by atoms with Crippen molar-refractivity contribution in [2.24, 2.45) is 0 Å². The second-order valence-electron chi connectivity index (χ2n) is 5.51. The van der Waals surface area contributed by atoms with E-state index in [1.54, 1.807) is 0 Å². The standard InChI is InChI=1S/C16H26N2O/c1-3-5-9-18(15-7-8-15)16-11-13(12-19)10-14(17-16)6-4-2/h10-11,15,19H,3-9,12H2,1-2H3. The number of rotatable bonds is 8. The van der Waals surface area contributed by atoms with Crippen LogP contribution >= 0.6 is 0 Å². The zero-order valence-electron chi connectivity index (χ0n) is 12.2. The van der Waals surface area contributed by atoms with Gasteiger partial charge in [0.1, 0.15) is 5.82 Å². The van der Waals surface area contributed by atoms with Crippen molar-refractivity contribution in [1.29, 1.82) is 0 Å². The third-order valence-electron chi connectivity index (χ3n) is 3.65.